The van der Waals surface area contributed by atoms with Crippen molar-refractivity contribution in [2.45, 2.75) is 19.4 Å². The average molecular weight is 288 g/mol. The smallest absolute Gasteiger partial charge is 0.408 e. The molecule has 0 saturated heterocycles. The fourth-order valence-corrected chi connectivity index (χ4v) is 2.50. The van der Waals surface area contributed by atoms with E-state index in [9.17, 15) is 4.79 Å². The maximum Gasteiger partial charge on any atom is 0.419 e. The normalized spacial score (nSPS) is 11.1. The Morgan fingerprint density at radius 3 is 2.70 bits per heavy atom. The number of hydrogen-bond acceptors (Lipinski definition) is 2. The van der Waals surface area contributed by atoms with Gasteiger partial charge in [-0.2, -0.15) is 0 Å². The number of nitrogens with zero attached hydrogens (tertiary/aromatic N) is 1. The molecule has 3 nitrogen and oxygen atoms in total. The molecule has 0 saturated carbocycles. The fourth-order valence-electron chi connectivity index (χ4n) is 2.34. The predicted molar refractivity (Wildman–Crippen MR) is 80.2 cm³/mol. The number of aromatic nitrogens is 1. The van der Waals surface area contributed by atoms with Crippen molar-refractivity contribution in [3.05, 3.63) is 69.7 Å². The average Bonchev–Trinajstić information content (AvgIpc) is 2.75. The molecular formula is C16H14ClNO2. The number of aryl methyl sites for hydroxylation is 2. The Kier molecular flexibility index (Phi) is 3.61. The van der Waals surface area contributed by atoms with Crippen LogP contribution in [0.5, 0.6) is 0 Å². The molecule has 0 aliphatic carbocycles. The zero-order chi connectivity index (χ0) is 13.9. The van der Waals surface area contributed by atoms with E-state index in [0.29, 0.717) is 17.2 Å². The molecule has 20 heavy (non-hydrogen) atoms. The van der Waals surface area contributed by atoms with Crippen molar-refractivity contribution in [1.82, 2.24) is 4.57 Å². The van der Waals surface area contributed by atoms with Gasteiger partial charge in [0.25, 0.3) is 0 Å². The number of benzene rings is 2. The Morgan fingerprint density at radius 1 is 1.10 bits per heavy atom. The molecule has 0 spiro atoms. The molecule has 0 amide bonds. The molecule has 102 valence electrons. The lowest BCUT2D eigenvalue weighted by Gasteiger charge is -2.03. The van der Waals surface area contributed by atoms with Crippen LogP contribution in [-0.2, 0) is 13.0 Å². The van der Waals surface area contributed by atoms with E-state index < -0.39 is 0 Å². The van der Waals surface area contributed by atoms with Crippen molar-refractivity contribution in [1.29, 1.82) is 0 Å². The summed E-state index contributed by atoms with van der Waals surface area (Å²) in [6, 6.07) is 15.5. The van der Waals surface area contributed by atoms with Crippen LogP contribution in [0.2, 0.25) is 5.02 Å². The number of halogens is 1. The zero-order valence-corrected chi connectivity index (χ0v) is 11.6. The Labute approximate surface area is 121 Å². The molecule has 4 heteroatoms. The first-order valence-corrected chi connectivity index (χ1v) is 6.95. The minimum absolute atomic E-state index is 0.324. The van der Waals surface area contributed by atoms with Crippen molar-refractivity contribution in [3.63, 3.8) is 0 Å². The quantitative estimate of drug-likeness (QED) is 0.730. The second-order valence-electron chi connectivity index (χ2n) is 4.72. The minimum atomic E-state index is -0.324. The van der Waals surface area contributed by atoms with Crippen LogP contribution < -0.4 is 5.76 Å². The van der Waals surface area contributed by atoms with Crippen LogP contribution in [0.3, 0.4) is 0 Å². The molecule has 0 radical (unpaired) electrons. The highest BCUT2D eigenvalue weighted by molar-refractivity contribution is 6.31. The number of fused-ring (bicyclic) bond motifs is 1. The van der Waals surface area contributed by atoms with E-state index in [0.717, 1.165) is 18.4 Å². The summed E-state index contributed by atoms with van der Waals surface area (Å²) in [5.74, 6) is -0.324. The molecule has 1 heterocycles. The number of hydrogen-bond donors (Lipinski definition) is 0. The van der Waals surface area contributed by atoms with Crippen molar-refractivity contribution in [2.75, 3.05) is 0 Å². The summed E-state index contributed by atoms with van der Waals surface area (Å²) in [6.45, 7) is 0.641. The maximum atomic E-state index is 11.8. The van der Waals surface area contributed by atoms with Crippen LogP contribution in [0.4, 0.5) is 0 Å². The van der Waals surface area contributed by atoms with Crippen LogP contribution in [0.25, 0.3) is 11.1 Å². The van der Waals surface area contributed by atoms with E-state index >= 15 is 0 Å². The molecule has 0 aliphatic rings. The van der Waals surface area contributed by atoms with E-state index in [2.05, 4.69) is 12.1 Å². The molecule has 0 unspecified atom stereocenters. The first-order chi connectivity index (χ1) is 9.74. The summed E-state index contributed by atoms with van der Waals surface area (Å²) in [5.41, 5.74) is 2.62. The van der Waals surface area contributed by atoms with E-state index in [1.807, 2.05) is 24.3 Å². The van der Waals surface area contributed by atoms with Gasteiger partial charge in [0, 0.05) is 17.6 Å². The molecule has 0 atom stereocenters. The van der Waals surface area contributed by atoms with Crippen molar-refractivity contribution in [3.8, 4) is 0 Å². The summed E-state index contributed by atoms with van der Waals surface area (Å²) in [4.78, 5) is 11.8. The predicted octanol–water partition coefficient (Wildman–Crippen LogP) is 3.88. The number of oxazole rings is 1. The topological polar surface area (TPSA) is 35.1 Å². The third-order valence-corrected chi connectivity index (χ3v) is 3.56. The van der Waals surface area contributed by atoms with Crippen LogP contribution in [0.1, 0.15) is 12.0 Å². The van der Waals surface area contributed by atoms with Crippen LogP contribution in [-0.4, -0.2) is 4.57 Å². The lowest BCUT2D eigenvalue weighted by Crippen LogP contribution is -2.14. The van der Waals surface area contributed by atoms with E-state index in [1.54, 1.807) is 16.7 Å². The van der Waals surface area contributed by atoms with Crippen LogP contribution >= 0.6 is 11.6 Å². The summed E-state index contributed by atoms with van der Waals surface area (Å²) < 4.78 is 6.87. The Bertz CT molecular complexity index is 774. The van der Waals surface area contributed by atoms with Gasteiger partial charge in [-0.25, -0.2) is 4.79 Å². The SMILES string of the molecule is O=c1oc2cc(Cl)ccc2n1CCCc1ccccc1. The molecule has 3 aromatic rings. The van der Waals surface area contributed by atoms with Gasteiger partial charge in [0.15, 0.2) is 5.58 Å². The van der Waals surface area contributed by atoms with Crippen molar-refractivity contribution < 1.29 is 4.42 Å². The van der Waals surface area contributed by atoms with Gasteiger partial charge in [-0.1, -0.05) is 41.9 Å². The zero-order valence-electron chi connectivity index (χ0n) is 10.9. The van der Waals surface area contributed by atoms with Gasteiger partial charge in [0.05, 0.1) is 5.52 Å². The van der Waals surface area contributed by atoms with Gasteiger partial charge in [0.1, 0.15) is 0 Å². The van der Waals surface area contributed by atoms with Gasteiger partial charge < -0.3 is 4.42 Å². The van der Waals surface area contributed by atoms with E-state index in [-0.39, 0.29) is 5.76 Å². The van der Waals surface area contributed by atoms with Gasteiger partial charge in [-0.05, 0) is 30.5 Å². The second-order valence-corrected chi connectivity index (χ2v) is 5.16. The lowest BCUT2D eigenvalue weighted by molar-refractivity contribution is 0.497. The van der Waals surface area contributed by atoms with Gasteiger partial charge in [-0.3, -0.25) is 4.57 Å². The van der Waals surface area contributed by atoms with Crippen LogP contribution in [0.15, 0.2) is 57.7 Å². The third-order valence-electron chi connectivity index (χ3n) is 3.32. The van der Waals surface area contributed by atoms with E-state index in [1.165, 1.54) is 5.56 Å². The highest BCUT2D eigenvalue weighted by atomic mass is 35.5. The largest absolute Gasteiger partial charge is 0.419 e. The Hall–Kier alpha value is -2.00. The second kappa shape index (κ2) is 5.55. The molecule has 0 N–H and O–H groups in total. The number of rotatable bonds is 4. The molecule has 3 rings (SSSR count). The van der Waals surface area contributed by atoms with Gasteiger partial charge >= 0.3 is 5.76 Å². The molecule has 0 fully saturated rings. The lowest BCUT2D eigenvalue weighted by atomic mass is 10.1. The third kappa shape index (κ3) is 2.63. The fraction of sp³-hybridized carbons (Fsp3) is 0.188. The van der Waals surface area contributed by atoms with Crippen molar-refractivity contribution >= 4 is 22.7 Å². The Balaban J connectivity index is 1.78. The van der Waals surface area contributed by atoms with Crippen LogP contribution in [0, 0.1) is 0 Å². The maximum absolute atomic E-state index is 11.8. The Morgan fingerprint density at radius 2 is 1.90 bits per heavy atom. The van der Waals surface area contributed by atoms with Crippen molar-refractivity contribution in [2.24, 2.45) is 0 Å². The standard InChI is InChI=1S/C16H14ClNO2/c17-13-8-9-14-15(11-13)20-16(19)18(14)10-4-7-12-5-2-1-3-6-12/h1-3,5-6,8-9,11H,4,7,10H2. The monoisotopic (exact) mass is 287 g/mol. The van der Waals surface area contributed by atoms with Gasteiger partial charge in [0.2, 0.25) is 0 Å². The molecule has 1 aromatic heterocycles. The van der Waals surface area contributed by atoms with E-state index in [4.69, 9.17) is 16.0 Å². The summed E-state index contributed by atoms with van der Waals surface area (Å²) in [6.07, 6.45) is 1.83. The molecule has 2 aromatic carbocycles. The first kappa shape index (κ1) is 13.0. The molecular weight excluding hydrogens is 274 g/mol. The van der Waals surface area contributed by atoms with Gasteiger partial charge in [-0.15, -0.1) is 0 Å². The summed E-state index contributed by atoms with van der Waals surface area (Å²) >= 11 is 5.89. The highest BCUT2D eigenvalue weighted by Crippen LogP contribution is 2.18. The molecule has 0 aliphatic heterocycles. The summed E-state index contributed by atoms with van der Waals surface area (Å²) in [7, 11) is 0. The first-order valence-electron chi connectivity index (χ1n) is 6.57. The summed E-state index contributed by atoms with van der Waals surface area (Å²) in [5, 5.41) is 0.572. The highest BCUT2D eigenvalue weighted by Gasteiger charge is 2.09. The minimum Gasteiger partial charge on any atom is -0.408 e. The molecule has 0 bridgehead atoms.